The summed E-state index contributed by atoms with van der Waals surface area (Å²) in [7, 11) is 0. The molecule has 0 bridgehead atoms. The zero-order chi connectivity index (χ0) is 11.4. The Morgan fingerprint density at radius 2 is 1.73 bits per heavy atom. The molecule has 0 fully saturated rings. The fourth-order valence-electron chi connectivity index (χ4n) is 0.984. The largest absolute Gasteiger partial charge is 0.550 e. The van der Waals surface area contributed by atoms with Gasteiger partial charge >= 0.3 is 0 Å². The molecule has 5 N–H and O–H groups in total. The molecule has 0 heterocycles. The van der Waals surface area contributed by atoms with E-state index in [9.17, 15) is 9.90 Å². The van der Waals surface area contributed by atoms with Crippen LogP contribution in [0.3, 0.4) is 0 Å². The van der Waals surface area contributed by atoms with Gasteiger partial charge in [-0.15, -0.1) is 0 Å². The van der Waals surface area contributed by atoms with Crippen LogP contribution in [0.25, 0.3) is 0 Å². The first-order valence-electron chi connectivity index (χ1n) is 5.33. The molecule has 0 amide bonds. The molecule has 0 saturated heterocycles. The number of carboxylic acids is 1. The van der Waals surface area contributed by atoms with Gasteiger partial charge in [-0.3, -0.25) is 10.9 Å². The number of carbonyl (C=O) groups is 1. The third-order valence-electron chi connectivity index (χ3n) is 1.79. The molecule has 0 saturated carbocycles. The summed E-state index contributed by atoms with van der Waals surface area (Å²) in [5, 5.41) is 13.1. The lowest BCUT2D eigenvalue weighted by atomic mass is 10.4. The molecule has 0 aromatic rings. The molecule has 0 aliphatic rings. The van der Waals surface area contributed by atoms with Crippen LogP contribution in [0.2, 0.25) is 0 Å². The molecule has 0 aromatic carbocycles. The molecule has 0 unspecified atom stereocenters. The van der Waals surface area contributed by atoms with Crippen molar-refractivity contribution in [2.75, 3.05) is 32.7 Å². The maximum atomic E-state index is 10.1. The molecule has 0 aliphatic heterocycles. The van der Waals surface area contributed by atoms with Crippen molar-refractivity contribution in [3.05, 3.63) is 0 Å². The number of hydrazine groups is 1. The van der Waals surface area contributed by atoms with Crippen LogP contribution in [-0.2, 0) is 4.79 Å². The fourth-order valence-corrected chi connectivity index (χ4v) is 0.984. The van der Waals surface area contributed by atoms with Crippen molar-refractivity contribution in [2.24, 2.45) is 5.73 Å². The molecule has 6 nitrogen and oxygen atoms in total. The third kappa shape index (κ3) is 13.3. The SMILES string of the molecule is NCCCNNCCCNCCC(=O)[O-]. The predicted molar refractivity (Wildman–Crippen MR) is 56.8 cm³/mol. The summed E-state index contributed by atoms with van der Waals surface area (Å²) >= 11 is 0. The number of carbonyl (C=O) groups excluding carboxylic acids is 1. The molecule has 0 rings (SSSR count). The van der Waals surface area contributed by atoms with Crippen molar-refractivity contribution in [2.45, 2.75) is 19.3 Å². The van der Waals surface area contributed by atoms with E-state index < -0.39 is 5.97 Å². The van der Waals surface area contributed by atoms with E-state index in [-0.39, 0.29) is 6.42 Å². The van der Waals surface area contributed by atoms with Crippen molar-refractivity contribution in [3.63, 3.8) is 0 Å². The predicted octanol–water partition coefficient (Wildman–Crippen LogP) is -2.45. The highest BCUT2D eigenvalue weighted by atomic mass is 16.4. The van der Waals surface area contributed by atoms with Gasteiger partial charge in [0.2, 0.25) is 0 Å². The summed E-state index contributed by atoms with van der Waals surface area (Å²) in [6, 6.07) is 0. The number of carboxylic acid groups (broad SMARTS) is 1. The van der Waals surface area contributed by atoms with E-state index in [1.54, 1.807) is 0 Å². The first-order chi connectivity index (χ1) is 7.27. The maximum absolute atomic E-state index is 10.1. The first kappa shape index (κ1) is 14.3. The molecule has 15 heavy (non-hydrogen) atoms. The highest BCUT2D eigenvalue weighted by Crippen LogP contribution is 1.75. The minimum atomic E-state index is -1.01. The van der Waals surface area contributed by atoms with E-state index in [1.807, 2.05) is 0 Å². The van der Waals surface area contributed by atoms with Crippen LogP contribution >= 0.6 is 0 Å². The Balaban J connectivity index is 2.89. The average Bonchev–Trinajstić information content (AvgIpc) is 2.20. The highest BCUT2D eigenvalue weighted by molar-refractivity contribution is 5.64. The van der Waals surface area contributed by atoms with Gasteiger partial charge in [-0.2, -0.15) is 0 Å². The van der Waals surface area contributed by atoms with Crippen LogP contribution in [-0.4, -0.2) is 38.7 Å². The zero-order valence-corrected chi connectivity index (χ0v) is 9.05. The van der Waals surface area contributed by atoms with Crippen molar-refractivity contribution >= 4 is 5.97 Å². The normalized spacial score (nSPS) is 10.5. The van der Waals surface area contributed by atoms with Gasteiger partial charge < -0.3 is 21.0 Å². The summed E-state index contributed by atoms with van der Waals surface area (Å²) in [5.74, 6) is -1.01. The van der Waals surface area contributed by atoms with Crippen molar-refractivity contribution in [1.29, 1.82) is 0 Å². The molecule has 0 spiro atoms. The van der Waals surface area contributed by atoms with Crippen LogP contribution < -0.4 is 27.0 Å². The summed E-state index contributed by atoms with van der Waals surface area (Å²) in [6.45, 7) is 3.69. The Bertz CT molecular complexity index is 155. The maximum Gasteiger partial charge on any atom is 0.0426 e. The molecule has 0 atom stereocenters. The first-order valence-corrected chi connectivity index (χ1v) is 5.33. The van der Waals surface area contributed by atoms with Crippen LogP contribution in [0.15, 0.2) is 0 Å². The Labute approximate surface area is 90.6 Å². The number of rotatable bonds is 11. The van der Waals surface area contributed by atoms with Gasteiger partial charge in [-0.05, 0) is 32.4 Å². The molecular weight excluding hydrogens is 196 g/mol. The van der Waals surface area contributed by atoms with Crippen molar-refractivity contribution < 1.29 is 9.90 Å². The van der Waals surface area contributed by atoms with Gasteiger partial charge in [0.15, 0.2) is 0 Å². The molecule has 0 aromatic heterocycles. The monoisotopic (exact) mass is 217 g/mol. The quantitative estimate of drug-likeness (QED) is 0.226. The van der Waals surface area contributed by atoms with Crippen LogP contribution in [0.1, 0.15) is 19.3 Å². The number of hydrogen-bond donors (Lipinski definition) is 4. The summed E-state index contributed by atoms with van der Waals surface area (Å²) in [6.07, 6.45) is 1.97. The second-order valence-corrected chi connectivity index (χ2v) is 3.22. The molecular formula is C9H21N4O2-. The molecule has 6 heteroatoms. The highest BCUT2D eigenvalue weighted by Gasteiger charge is 1.89. The zero-order valence-electron chi connectivity index (χ0n) is 9.05. The van der Waals surface area contributed by atoms with Gasteiger partial charge in [0.25, 0.3) is 0 Å². The molecule has 0 radical (unpaired) electrons. The van der Waals surface area contributed by atoms with Gasteiger partial charge in [-0.25, -0.2) is 0 Å². The molecule has 0 aliphatic carbocycles. The van der Waals surface area contributed by atoms with E-state index >= 15 is 0 Å². The lowest BCUT2D eigenvalue weighted by Gasteiger charge is -2.07. The molecule has 90 valence electrons. The number of nitrogens with one attached hydrogen (secondary N) is 3. The van der Waals surface area contributed by atoms with Crippen LogP contribution in [0.4, 0.5) is 0 Å². The van der Waals surface area contributed by atoms with Crippen LogP contribution in [0, 0.1) is 0 Å². The summed E-state index contributed by atoms with van der Waals surface area (Å²) in [5.41, 5.74) is 11.4. The Hall–Kier alpha value is -0.690. The average molecular weight is 217 g/mol. The van der Waals surface area contributed by atoms with E-state index in [2.05, 4.69) is 16.2 Å². The number of hydrogen-bond acceptors (Lipinski definition) is 6. The summed E-state index contributed by atoms with van der Waals surface area (Å²) < 4.78 is 0. The number of aliphatic carboxylic acids is 1. The summed E-state index contributed by atoms with van der Waals surface area (Å²) in [4.78, 5) is 10.1. The number of nitrogens with two attached hydrogens (primary N) is 1. The van der Waals surface area contributed by atoms with E-state index in [1.165, 1.54) is 0 Å². The minimum Gasteiger partial charge on any atom is -0.550 e. The third-order valence-corrected chi connectivity index (χ3v) is 1.79. The lowest BCUT2D eigenvalue weighted by Crippen LogP contribution is -2.35. The smallest absolute Gasteiger partial charge is 0.0426 e. The topological polar surface area (TPSA) is 102 Å². The van der Waals surface area contributed by atoms with Crippen molar-refractivity contribution in [1.82, 2.24) is 16.2 Å². The van der Waals surface area contributed by atoms with Gasteiger partial charge in [0.1, 0.15) is 0 Å². The van der Waals surface area contributed by atoms with E-state index in [4.69, 9.17) is 5.73 Å². The fraction of sp³-hybridized carbons (Fsp3) is 0.889. The lowest BCUT2D eigenvalue weighted by molar-refractivity contribution is -0.305. The second-order valence-electron chi connectivity index (χ2n) is 3.22. The van der Waals surface area contributed by atoms with Crippen LogP contribution in [0.5, 0.6) is 0 Å². The van der Waals surface area contributed by atoms with Gasteiger partial charge in [-0.1, -0.05) is 0 Å². The standard InChI is InChI=1S/C9H22N4O2/c10-4-1-6-12-13-7-2-5-11-8-3-9(14)15/h11-13H,1-8,10H2,(H,14,15)/p-1. The van der Waals surface area contributed by atoms with E-state index in [0.29, 0.717) is 13.1 Å². The van der Waals surface area contributed by atoms with Crippen molar-refractivity contribution in [3.8, 4) is 0 Å². The Kier molecular flexibility index (Phi) is 10.9. The van der Waals surface area contributed by atoms with E-state index in [0.717, 1.165) is 32.5 Å². The van der Waals surface area contributed by atoms with Gasteiger partial charge in [0, 0.05) is 25.6 Å². The Morgan fingerprint density at radius 3 is 2.33 bits per heavy atom. The Morgan fingerprint density at radius 1 is 1.07 bits per heavy atom. The van der Waals surface area contributed by atoms with Gasteiger partial charge in [0.05, 0.1) is 0 Å². The second kappa shape index (κ2) is 11.4. The minimum absolute atomic E-state index is 0.0716.